The Morgan fingerprint density at radius 3 is 2.89 bits per heavy atom. The van der Waals surface area contributed by atoms with Crippen LogP contribution in [0.1, 0.15) is 12.8 Å². The van der Waals surface area contributed by atoms with E-state index in [1.165, 1.54) is 6.42 Å². The molecule has 0 saturated heterocycles. The van der Waals surface area contributed by atoms with Gasteiger partial charge in [-0.2, -0.15) is 0 Å². The number of anilines is 1. The molecule has 2 aromatic rings. The van der Waals surface area contributed by atoms with Crippen LogP contribution in [0, 0.1) is 0 Å². The summed E-state index contributed by atoms with van der Waals surface area (Å²) in [4.78, 5) is 14.8. The molecule has 2 aromatic heterocycles. The predicted molar refractivity (Wildman–Crippen MR) is 73.6 cm³/mol. The van der Waals surface area contributed by atoms with E-state index in [-0.39, 0.29) is 0 Å². The zero-order valence-corrected chi connectivity index (χ0v) is 10.9. The van der Waals surface area contributed by atoms with Gasteiger partial charge in [0.05, 0.1) is 5.39 Å². The van der Waals surface area contributed by atoms with Gasteiger partial charge in [0.25, 0.3) is 0 Å². The second-order valence-electron chi connectivity index (χ2n) is 4.53. The first-order valence-corrected chi connectivity index (χ1v) is 6.21. The van der Waals surface area contributed by atoms with Crippen LogP contribution in [0.4, 0.5) is 5.82 Å². The van der Waals surface area contributed by atoms with Gasteiger partial charge < -0.3 is 10.2 Å². The fourth-order valence-corrected chi connectivity index (χ4v) is 1.80. The number of rotatable bonds is 6. The van der Waals surface area contributed by atoms with E-state index in [9.17, 15) is 0 Å². The van der Waals surface area contributed by atoms with Crippen molar-refractivity contribution in [1.29, 1.82) is 0 Å². The molecular weight excluding hydrogens is 226 g/mol. The summed E-state index contributed by atoms with van der Waals surface area (Å²) in [6, 6.07) is 3.90. The van der Waals surface area contributed by atoms with Gasteiger partial charge in [-0.25, -0.2) is 15.0 Å². The van der Waals surface area contributed by atoms with Crippen LogP contribution >= 0.6 is 0 Å². The molecule has 0 aliphatic heterocycles. The highest BCUT2D eigenvalue weighted by atomic mass is 15.1. The second-order valence-corrected chi connectivity index (χ2v) is 4.53. The van der Waals surface area contributed by atoms with Gasteiger partial charge in [0.15, 0.2) is 5.65 Å². The SMILES string of the molecule is CN(C)CCCCNc1ncnc2ncccc12. The van der Waals surface area contributed by atoms with E-state index < -0.39 is 0 Å². The molecule has 5 nitrogen and oxygen atoms in total. The molecule has 0 unspecified atom stereocenters. The summed E-state index contributed by atoms with van der Waals surface area (Å²) in [6.45, 7) is 2.04. The van der Waals surface area contributed by atoms with Crippen LogP contribution in [0.25, 0.3) is 11.0 Å². The number of unbranched alkanes of at least 4 members (excludes halogenated alkanes) is 1. The van der Waals surface area contributed by atoms with Gasteiger partial charge in [0.2, 0.25) is 0 Å². The van der Waals surface area contributed by atoms with Crippen LogP contribution in [0.3, 0.4) is 0 Å². The summed E-state index contributed by atoms with van der Waals surface area (Å²) in [5.41, 5.74) is 0.739. The third-order valence-corrected chi connectivity index (χ3v) is 2.73. The topological polar surface area (TPSA) is 53.9 Å². The molecule has 2 heterocycles. The van der Waals surface area contributed by atoms with E-state index in [1.54, 1.807) is 12.5 Å². The van der Waals surface area contributed by atoms with Crippen molar-refractivity contribution in [3.63, 3.8) is 0 Å². The Morgan fingerprint density at radius 1 is 1.17 bits per heavy atom. The molecule has 0 amide bonds. The van der Waals surface area contributed by atoms with Crippen LogP contribution < -0.4 is 5.32 Å². The third kappa shape index (κ3) is 3.37. The number of nitrogens with one attached hydrogen (secondary N) is 1. The van der Waals surface area contributed by atoms with E-state index >= 15 is 0 Å². The lowest BCUT2D eigenvalue weighted by Gasteiger charge is -2.10. The standard InChI is InChI=1S/C13H19N5/c1-18(2)9-4-3-7-14-12-11-6-5-8-15-13(11)17-10-16-12/h5-6,8,10H,3-4,7,9H2,1-2H3,(H,14,15,16,17). The maximum Gasteiger partial charge on any atom is 0.164 e. The predicted octanol–water partition coefficient (Wildman–Crippen LogP) is 1.78. The van der Waals surface area contributed by atoms with Crippen LogP contribution in [-0.2, 0) is 0 Å². The maximum absolute atomic E-state index is 4.27. The Balaban J connectivity index is 1.91. The summed E-state index contributed by atoms with van der Waals surface area (Å²) in [6.07, 6.45) is 5.61. The Morgan fingerprint density at radius 2 is 2.06 bits per heavy atom. The smallest absolute Gasteiger partial charge is 0.164 e. The minimum Gasteiger partial charge on any atom is -0.369 e. The number of pyridine rings is 1. The van der Waals surface area contributed by atoms with Gasteiger partial charge in [-0.1, -0.05) is 0 Å². The lowest BCUT2D eigenvalue weighted by molar-refractivity contribution is 0.396. The van der Waals surface area contributed by atoms with E-state index in [1.807, 2.05) is 12.1 Å². The molecule has 96 valence electrons. The first-order chi connectivity index (χ1) is 8.77. The van der Waals surface area contributed by atoms with Gasteiger partial charge in [-0.05, 0) is 45.6 Å². The molecule has 0 saturated carbocycles. The van der Waals surface area contributed by atoms with Gasteiger partial charge in [-0.3, -0.25) is 0 Å². The molecule has 0 aromatic carbocycles. The highest BCUT2D eigenvalue weighted by Crippen LogP contribution is 2.16. The average Bonchev–Trinajstić information content (AvgIpc) is 2.38. The largest absolute Gasteiger partial charge is 0.369 e. The Hall–Kier alpha value is -1.75. The van der Waals surface area contributed by atoms with Crippen molar-refractivity contribution in [2.45, 2.75) is 12.8 Å². The van der Waals surface area contributed by atoms with Crippen molar-refractivity contribution >= 4 is 16.9 Å². The molecule has 0 spiro atoms. The van der Waals surface area contributed by atoms with Crippen molar-refractivity contribution in [3.05, 3.63) is 24.7 Å². The Bertz CT molecular complexity index is 492. The molecule has 0 atom stereocenters. The summed E-state index contributed by atoms with van der Waals surface area (Å²) < 4.78 is 0. The minimum atomic E-state index is 0.739. The van der Waals surface area contributed by atoms with Gasteiger partial charge in [0, 0.05) is 12.7 Å². The number of fused-ring (bicyclic) bond motifs is 1. The van der Waals surface area contributed by atoms with Crippen LogP contribution in [0.5, 0.6) is 0 Å². The number of hydrogen-bond acceptors (Lipinski definition) is 5. The number of nitrogens with zero attached hydrogens (tertiary/aromatic N) is 4. The summed E-state index contributed by atoms with van der Waals surface area (Å²) in [5.74, 6) is 0.873. The van der Waals surface area contributed by atoms with Crippen molar-refractivity contribution in [2.75, 3.05) is 32.5 Å². The molecule has 18 heavy (non-hydrogen) atoms. The first kappa shape index (κ1) is 12.7. The number of aromatic nitrogens is 3. The zero-order chi connectivity index (χ0) is 12.8. The van der Waals surface area contributed by atoms with Gasteiger partial charge in [0.1, 0.15) is 12.1 Å². The monoisotopic (exact) mass is 245 g/mol. The molecule has 0 radical (unpaired) electrons. The lowest BCUT2D eigenvalue weighted by Crippen LogP contribution is -2.14. The average molecular weight is 245 g/mol. The first-order valence-electron chi connectivity index (χ1n) is 6.21. The van der Waals surface area contributed by atoms with Crippen molar-refractivity contribution < 1.29 is 0 Å². The van der Waals surface area contributed by atoms with Crippen molar-refractivity contribution in [3.8, 4) is 0 Å². The molecule has 0 aliphatic rings. The van der Waals surface area contributed by atoms with E-state index in [2.05, 4.69) is 39.3 Å². The van der Waals surface area contributed by atoms with Crippen molar-refractivity contribution in [1.82, 2.24) is 19.9 Å². The molecule has 0 bridgehead atoms. The van der Waals surface area contributed by atoms with Crippen LogP contribution in [0.2, 0.25) is 0 Å². The Kier molecular flexibility index (Phi) is 4.41. The maximum atomic E-state index is 4.27. The summed E-state index contributed by atoms with van der Waals surface area (Å²) in [5, 5.41) is 4.33. The molecule has 0 aliphatic carbocycles. The van der Waals surface area contributed by atoms with Crippen LogP contribution in [-0.4, -0.2) is 47.0 Å². The minimum absolute atomic E-state index is 0.739. The highest BCUT2D eigenvalue weighted by molar-refractivity contribution is 5.85. The molecule has 0 fully saturated rings. The van der Waals surface area contributed by atoms with Crippen LogP contribution in [0.15, 0.2) is 24.7 Å². The zero-order valence-electron chi connectivity index (χ0n) is 10.9. The second kappa shape index (κ2) is 6.26. The highest BCUT2D eigenvalue weighted by Gasteiger charge is 2.02. The fraction of sp³-hybridized carbons (Fsp3) is 0.462. The summed E-state index contributed by atoms with van der Waals surface area (Å²) >= 11 is 0. The van der Waals surface area contributed by atoms with E-state index in [0.29, 0.717) is 0 Å². The van der Waals surface area contributed by atoms with E-state index in [4.69, 9.17) is 0 Å². The third-order valence-electron chi connectivity index (χ3n) is 2.73. The van der Waals surface area contributed by atoms with Crippen molar-refractivity contribution in [2.24, 2.45) is 0 Å². The molecule has 1 N–H and O–H groups in total. The normalized spacial score (nSPS) is 11.1. The quantitative estimate of drug-likeness (QED) is 0.786. The van der Waals surface area contributed by atoms with Gasteiger partial charge in [-0.15, -0.1) is 0 Å². The molecular formula is C13H19N5. The van der Waals surface area contributed by atoms with E-state index in [0.717, 1.165) is 36.4 Å². The summed E-state index contributed by atoms with van der Waals surface area (Å²) in [7, 11) is 4.19. The molecule has 5 heteroatoms. The number of hydrogen-bond donors (Lipinski definition) is 1. The van der Waals surface area contributed by atoms with Gasteiger partial charge >= 0.3 is 0 Å². The lowest BCUT2D eigenvalue weighted by atomic mass is 10.3. The Labute approximate surface area is 107 Å². The molecule has 2 rings (SSSR count). The fourth-order valence-electron chi connectivity index (χ4n) is 1.80.